The van der Waals surface area contributed by atoms with Crippen molar-refractivity contribution in [1.82, 2.24) is 15.2 Å². The first kappa shape index (κ1) is 30.4. The number of hydrazone groups is 1. The summed E-state index contributed by atoms with van der Waals surface area (Å²) in [6.45, 7) is 10.1. The van der Waals surface area contributed by atoms with E-state index in [2.05, 4.69) is 55.3 Å². The van der Waals surface area contributed by atoms with Gasteiger partial charge in [-0.3, -0.25) is 9.80 Å². The van der Waals surface area contributed by atoms with Gasteiger partial charge in [-0.05, 0) is 47.4 Å². The second kappa shape index (κ2) is 13.8. The minimum absolute atomic E-state index is 0.109. The largest absolute Gasteiger partial charge is 0.481 e. The number of nitrogens with zero attached hydrogens (tertiary/aromatic N) is 4. The molecule has 0 unspecified atom stereocenters. The van der Waals surface area contributed by atoms with E-state index in [-0.39, 0.29) is 17.0 Å². The summed E-state index contributed by atoms with van der Waals surface area (Å²) in [6.07, 6.45) is 3.13. The number of benzene rings is 2. The van der Waals surface area contributed by atoms with Gasteiger partial charge in [0.15, 0.2) is 0 Å². The molecule has 2 aromatic rings. The van der Waals surface area contributed by atoms with Crippen LogP contribution in [0.2, 0.25) is 0 Å². The molecular weight excluding hydrogens is 506 g/mol. The van der Waals surface area contributed by atoms with Gasteiger partial charge in [0.05, 0.1) is 25.9 Å². The maximum Gasteiger partial charge on any atom is 0.360 e. The number of aryl methyl sites for hydroxylation is 1. The van der Waals surface area contributed by atoms with Gasteiger partial charge < -0.3 is 20.1 Å². The number of carbonyl (C=O) groups excluding carboxylic acids is 1. The van der Waals surface area contributed by atoms with E-state index in [4.69, 9.17) is 9.84 Å². The topological polar surface area (TPSA) is 107 Å². The molecule has 2 aromatic carbocycles. The number of aliphatic carboxylic acids is 1. The maximum atomic E-state index is 11.7. The van der Waals surface area contributed by atoms with Crippen LogP contribution in [0, 0.1) is 0 Å². The first-order valence-electron chi connectivity index (χ1n) is 13.6. The quantitative estimate of drug-likeness (QED) is 0.175. The number of carboxylic acids is 1. The number of rotatable bonds is 12. The molecule has 0 atom stereocenters. The van der Waals surface area contributed by atoms with Gasteiger partial charge in [0.25, 0.3) is 0 Å². The first-order chi connectivity index (χ1) is 19.0. The Balaban J connectivity index is 1.63. The number of hydrogen-bond donors (Lipinski definition) is 2. The van der Waals surface area contributed by atoms with Crippen molar-refractivity contribution in [2.75, 3.05) is 27.2 Å². The van der Waals surface area contributed by atoms with Crippen LogP contribution in [0.25, 0.3) is 0 Å². The lowest BCUT2D eigenvalue weighted by molar-refractivity contribution is -0.133. The van der Waals surface area contributed by atoms with Crippen molar-refractivity contribution < 1.29 is 19.4 Å². The third-order valence-corrected chi connectivity index (χ3v) is 6.75. The zero-order valence-electron chi connectivity index (χ0n) is 24.4. The van der Waals surface area contributed by atoms with Crippen molar-refractivity contribution in [3.05, 3.63) is 82.4 Å². The van der Waals surface area contributed by atoms with E-state index < -0.39 is 5.97 Å². The molecule has 1 aliphatic heterocycles. The molecule has 9 nitrogen and oxygen atoms in total. The Morgan fingerprint density at radius 2 is 1.77 bits per heavy atom. The van der Waals surface area contributed by atoms with Crippen LogP contribution in [0.4, 0.5) is 0 Å². The molecule has 3 rings (SSSR count). The summed E-state index contributed by atoms with van der Waals surface area (Å²) in [4.78, 5) is 29.2. The van der Waals surface area contributed by atoms with E-state index in [9.17, 15) is 14.7 Å². The molecule has 0 saturated carbocycles. The zero-order valence-corrected chi connectivity index (χ0v) is 24.4. The molecule has 1 aliphatic rings. The molecule has 0 bridgehead atoms. The van der Waals surface area contributed by atoms with Gasteiger partial charge in [-0.15, -0.1) is 0 Å². The second-order valence-corrected chi connectivity index (χ2v) is 10.8. The highest BCUT2D eigenvalue weighted by Crippen LogP contribution is 2.22. The lowest BCUT2D eigenvalue weighted by Crippen LogP contribution is -2.31. The second-order valence-electron chi connectivity index (χ2n) is 10.8. The highest BCUT2D eigenvalue weighted by Gasteiger charge is 2.21. The summed E-state index contributed by atoms with van der Waals surface area (Å²) in [7, 11) is 3.34. The third-order valence-electron chi connectivity index (χ3n) is 6.75. The predicted octanol–water partition coefficient (Wildman–Crippen LogP) is 4.52. The Labute approximate surface area is 237 Å². The third kappa shape index (κ3) is 8.18. The molecule has 1 heterocycles. The highest BCUT2D eigenvalue weighted by atomic mass is 16.5. The summed E-state index contributed by atoms with van der Waals surface area (Å²) in [5.41, 5.74) is 5.05. The fourth-order valence-electron chi connectivity index (χ4n) is 4.44. The van der Waals surface area contributed by atoms with Crippen molar-refractivity contribution in [1.29, 1.82) is 0 Å². The number of aliphatic imine (C=N–C) groups is 1. The number of hydrogen-bond acceptors (Lipinski definition) is 7. The van der Waals surface area contributed by atoms with Crippen LogP contribution >= 0.6 is 0 Å². The summed E-state index contributed by atoms with van der Waals surface area (Å²) >= 11 is 0. The molecule has 0 spiro atoms. The SMILES string of the molecule is CCN(C=O)/C(CCCc1ccc(C2=NC(C(=O)O)=C(OC)NC2)cc1)=N\N(C)Cc1ccc(C(C)(C)C)cc1. The standard InChI is InChI=1S/C31H41N5O4/c1-7-36(21-37)27(34-35(5)20-23-13-17-25(18-14-23)31(2,3)4)10-8-9-22-11-15-24(16-12-22)26-19-32-29(40-6)28(33-26)30(38)39/h11-18,21,32H,7-10,19-20H2,1-6H3,(H,38,39)/b34-27-. The van der Waals surface area contributed by atoms with E-state index in [0.717, 1.165) is 41.8 Å². The van der Waals surface area contributed by atoms with Crippen LogP contribution in [0.1, 0.15) is 62.8 Å². The molecular formula is C31H41N5O4. The fourth-order valence-corrected chi connectivity index (χ4v) is 4.44. The van der Waals surface area contributed by atoms with Crippen molar-refractivity contribution in [2.45, 2.75) is 58.9 Å². The summed E-state index contributed by atoms with van der Waals surface area (Å²) < 4.78 is 5.08. The maximum absolute atomic E-state index is 11.7. The fraction of sp³-hybridized carbons (Fsp3) is 0.419. The average molecular weight is 548 g/mol. The number of carbonyl (C=O) groups is 2. The lowest BCUT2D eigenvalue weighted by atomic mass is 9.87. The van der Waals surface area contributed by atoms with Gasteiger partial charge in [0, 0.05) is 20.0 Å². The molecule has 0 radical (unpaired) electrons. The number of nitrogens with one attached hydrogen (secondary N) is 1. The molecule has 2 N–H and O–H groups in total. The van der Waals surface area contributed by atoms with Gasteiger partial charge in [-0.1, -0.05) is 69.3 Å². The number of carboxylic acid groups (broad SMARTS) is 1. The Bertz CT molecular complexity index is 1260. The lowest BCUT2D eigenvalue weighted by Gasteiger charge is -2.22. The molecule has 1 amide bonds. The van der Waals surface area contributed by atoms with Crippen LogP contribution in [-0.2, 0) is 32.7 Å². The molecule has 0 aliphatic carbocycles. The van der Waals surface area contributed by atoms with Gasteiger partial charge in [0.2, 0.25) is 18.0 Å². The Kier molecular flexibility index (Phi) is 10.5. The van der Waals surface area contributed by atoms with Crippen molar-refractivity contribution in [3.63, 3.8) is 0 Å². The number of methoxy groups -OCH3 is 1. The Hall–Kier alpha value is -4.14. The average Bonchev–Trinajstić information content (AvgIpc) is 2.93. The van der Waals surface area contributed by atoms with Gasteiger partial charge in [-0.25, -0.2) is 9.79 Å². The number of ether oxygens (including phenoxy) is 1. The van der Waals surface area contributed by atoms with E-state index in [1.807, 2.05) is 43.2 Å². The van der Waals surface area contributed by atoms with Crippen molar-refractivity contribution >= 4 is 23.9 Å². The van der Waals surface area contributed by atoms with E-state index in [0.29, 0.717) is 31.8 Å². The number of amides is 1. The summed E-state index contributed by atoms with van der Waals surface area (Å²) in [5.74, 6) is -0.241. The predicted molar refractivity (Wildman–Crippen MR) is 158 cm³/mol. The Morgan fingerprint density at radius 1 is 1.12 bits per heavy atom. The first-order valence-corrected chi connectivity index (χ1v) is 13.6. The molecule has 9 heteroatoms. The zero-order chi connectivity index (χ0) is 29.3. The summed E-state index contributed by atoms with van der Waals surface area (Å²) in [6, 6.07) is 16.5. The van der Waals surface area contributed by atoms with Crippen LogP contribution in [0.5, 0.6) is 0 Å². The van der Waals surface area contributed by atoms with Crippen LogP contribution in [0.15, 0.2) is 70.2 Å². The van der Waals surface area contributed by atoms with Crippen LogP contribution in [0.3, 0.4) is 0 Å². The molecule has 0 aromatic heterocycles. The minimum atomic E-state index is -1.14. The Morgan fingerprint density at radius 3 is 2.33 bits per heavy atom. The van der Waals surface area contributed by atoms with Crippen LogP contribution < -0.4 is 5.32 Å². The van der Waals surface area contributed by atoms with E-state index in [1.54, 1.807) is 4.90 Å². The summed E-state index contributed by atoms with van der Waals surface area (Å²) in [5, 5.41) is 19.0. The molecule has 40 heavy (non-hydrogen) atoms. The molecule has 214 valence electrons. The molecule has 0 saturated heterocycles. The van der Waals surface area contributed by atoms with Gasteiger partial charge in [0.1, 0.15) is 5.84 Å². The minimum Gasteiger partial charge on any atom is -0.481 e. The van der Waals surface area contributed by atoms with Crippen LogP contribution in [-0.4, -0.2) is 66.2 Å². The van der Waals surface area contributed by atoms with Crippen molar-refractivity contribution in [3.8, 4) is 0 Å². The normalized spacial score (nSPS) is 13.8. The van der Waals surface area contributed by atoms with Crippen molar-refractivity contribution in [2.24, 2.45) is 10.1 Å². The van der Waals surface area contributed by atoms with E-state index >= 15 is 0 Å². The van der Waals surface area contributed by atoms with Gasteiger partial charge in [-0.2, -0.15) is 5.10 Å². The molecule has 0 fully saturated rings. The number of amidine groups is 1. The highest BCUT2D eigenvalue weighted by molar-refractivity contribution is 6.06. The van der Waals surface area contributed by atoms with E-state index in [1.165, 1.54) is 12.7 Å². The smallest absolute Gasteiger partial charge is 0.360 e. The van der Waals surface area contributed by atoms with Gasteiger partial charge >= 0.3 is 5.97 Å². The monoisotopic (exact) mass is 547 g/mol.